The second kappa shape index (κ2) is 5.74. The van der Waals surface area contributed by atoms with Gasteiger partial charge < -0.3 is 4.57 Å². The van der Waals surface area contributed by atoms with E-state index in [0.29, 0.717) is 0 Å². The lowest BCUT2D eigenvalue weighted by Crippen LogP contribution is -2.22. The zero-order valence-electron chi connectivity index (χ0n) is 10.4. The van der Waals surface area contributed by atoms with Crippen molar-refractivity contribution in [2.75, 3.05) is 0 Å². The molecule has 0 unspecified atom stereocenters. The van der Waals surface area contributed by atoms with Crippen LogP contribution < -0.4 is 15.2 Å². The van der Waals surface area contributed by atoms with Crippen molar-refractivity contribution in [2.45, 2.75) is 0 Å². The van der Waals surface area contributed by atoms with Crippen molar-refractivity contribution in [2.24, 2.45) is 0 Å². The Balaban J connectivity index is 2.29. The summed E-state index contributed by atoms with van der Waals surface area (Å²) in [5.74, 6) is 0. The highest BCUT2D eigenvalue weighted by Gasteiger charge is 2.30. The topological polar surface area (TPSA) is 17.1 Å². The highest BCUT2D eigenvalue weighted by molar-refractivity contribution is 7.90. The zero-order chi connectivity index (χ0) is 14.0. The fourth-order valence-electron chi connectivity index (χ4n) is 2.05. The highest BCUT2D eigenvalue weighted by Crippen LogP contribution is 2.44. The number of hydrogen-bond donors (Lipinski definition) is 0. The molecule has 0 spiro atoms. The molecule has 1 nitrogen and oxygen atoms in total. The molecule has 0 saturated carbocycles. The van der Waals surface area contributed by atoms with E-state index in [1.807, 2.05) is 66.0 Å². The van der Waals surface area contributed by atoms with Gasteiger partial charge in [-0.1, -0.05) is 72.9 Å². The smallest absolute Gasteiger partial charge is 0.181 e. The minimum atomic E-state index is -2.79. The molecule has 0 amide bonds. The van der Waals surface area contributed by atoms with Crippen molar-refractivity contribution < 1.29 is 4.57 Å². The summed E-state index contributed by atoms with van der Waals surface area (Å²) >= 11 is 8.15. The minimum absolute atomic E-state index is 0.812. The minimum Gasteiger partial charge on any atom is -0.308 e. The second-order valence-electron chi connectivity index (χ2n) is 4.21. The summed E-state index contributed by atoms with van der Waals surface area (Å²) in [5, 5.41) is 3.65. The summed E-state index contributed by atoms with van der Waals surface area (Å²) in [6.45, 7) is 0. The quantitative estimate of drug-likeness (QED) is 0.528. The van der Waals surface area contributed by atoms with Crippen LogP contribution in [-0.2, 0) is 4.57 Å². The van der Waals surface area contributed by atoms with Gasteiger partial charge in [0, 0.05) is 16.0 Å². The average molecular weight is 334 g/mol. The Bertz CT molecular complexity index is 762. The third kappa shape index (κ3) is 2.45. The zero-order valence-corrected chi connectivity index (χ0v) is 13.8. The monoisotopic (exact) mass is 334 g/mol. The van der Waals surface area contributed by atoms with Gasteiger partial charge in [-0.25, -0.2) is 0 Å². The maximum atomic E-state index is 13.8. The third-order valence-corrected chi connectivity index (χ3v) is 9.28. The maximum Gasteiger partial charge on any atom is 0.181 e. The van der Waals surface area contributed by atoms with Gasteiger partial charge in [-0.3, -0.25) is 0 Å². The van der Waals surface area contributed by atoms with Crippen LogP contribution in [0.2, 0.25) is 0 Å². The van der Waals surface area contributed by atoms with Crippen LogP contribution in [0.4, 0.5) is 0 Å². The van der Waals surface area contributed by atoms with Crippen molar-refractivity contribution in [3.8, 4) is 0 Å². The molecular weight excluding hydrogens is 323 g/mol. The SMILES string of the molecule is O=P(c1ccccc1)(c1ccccc1)c1csc(=S)s1. The summed E-state index contributed by atoms with van der Waals surface area (Å²) in [5.41, 5.74) is 0. The fourth-order valence-corrected chi connectivity index (χ4v) is 8.31. The molecule has 0 atom stereocenters. The molecule has 1 aromatic heterocycles. The number of rotatable bonds is 3. The Morgan fingerprint density at radius 2 is 1.35 bits per heavy atom. The molecule has 20 heavy (non-hydrogen) atoms. The lowest BCUT2D eigenvalue weighted by molar-refractivity contribution is 0.593. The van der Waals surface area contributed by atoms with Gasteiger partial charge in [0.1, 0.15) is 3.14 Å². The molecule has 1 heterocycles. The van der Waals surface area contributed by atoms with Crippen LogP contribution in [0.25, 0.3) is 0 Å². The van der Waals surface area contributed by atoms with Gasteiger partial charge in [-0.2, -0.15) is 0 Å². The maximum absolute atomic E-state index is 13.8. The Kier molecular flexibility index (Phi) is 3.99. The lowest BCUT2D eigenvalue weighted by Gasteiger charge is -2.17. The molecule has 0 bridgehead atoms. The predicted molar refractivity (Wildman–Crippen MR) is 92.4 cm³/mol. The van der Waals surface area contributed by atoms with Crippen LogP contribution in [0.3, 0.4) is 0 Å². The summed E-state index contributed by atoms with van der Waals surface area (Å²) in [6.07, 6.45) is 0. The second-order valence-corrected chi connectivity index (χ2v) is 10.4. The van der Waals surface area contributed by atoms with Gasteiger partial charge in [0.25, 0.3) is 0 Å². The van der Waals surface area contributed by atoms with Gasteiger partial charge in [0.15, 0.2) is 7.14 Å². The van der Waals surface area contributed by atoms with E-state index in [1.165, 1.54) is 22.7 Å². The van der Waals surface area contributed by atoms with Gasteiger partial charge in [0.05, 0.1) is 4.62 Å². The third-order valence-electron chi connectivity index (χ3n) is 2.99. The molecule has 0 N–H and O–H groups in total. The Hall–Kier alpha value is -1.06. The van der Waals surface area contributed by atoms with E-state index >= 15 is 0 Å². The molecule has 0 fully saturated rings. The van der Waals surface area contributed by atoms with E-state index in [0.717, 1.165) is 18.4 Å². The van der Waals surface area contributed by atoms with E-state index in [1.54, 1.807) is 0 Å². The summed E-state index contributed by atoms with van der Waals surface area (Å²) in [6, 6.07) is 19.3. The average Bonchev–Trinajstić information content (AvgIpc) is 2.95. The van der Waals surface area contributed by atoms with Crippen LogP contribution in [-0.4, -0.2) is 0 Å². The van der Waals surface area contributed by atoms with Gasteiger partial charge in [-0.05, 0) is 0 Å². The van der Waals surface area contributed by atoms with E-state index < -0.39 is 7.14 Å². The Morgan fingerprint density at radius 3 is 1.75 bits per heavy atom. The van der Waals surface area contributed by atoms with Crippen LogP contribution in [0, 0.1) is 3.14 Å². The number of hydrogen-bond acceptors (Lipinski definition) is 4. The van der Waals surface area contributed by atoms with Crippen molar-refractivity contribution in [1.29, 1.82) is 0 Å². The van der Waals surface area contributed by atoms with E-state index in [2.05, 4.69) is 0 Å². The van der Waals surface area contributed by atoms with Crippen LogP contribution in [0.5, 0.6) is 0 Å². The highest BCUT2D eigenvalue weighted by atomic mass is 32.2. The predicted octanol–water partition coefficient (Wildman–Crippen LogP) is 4.18. The molecule has 0 aliphatic rings. The van der Waals surface area contributed by atoms with E-state index in [-0.39, 0.29) is 0 Å². The Labute approximate surface area is 130 Å². The molecule has 100 valence electrons. The molecule has 0 aliphatic heterocycles. The first-order chi connectivity index (χ1) is 9.71. The first kappa shape index (κ1) is 13.9. The normalized spacial score (nSPS) is 11.4. The number of benzene rings is 2. The largest absolute Gasteiger partial charge is 0.308 e. The molecule has 3 rings (SSSR count). The van der Waals surface area contributed by atoms with Gasteiger partial charge in [-0.15, -0.1) is 22.7 Å². The van der Waals surface area contributed by atoms with Crippen molar-refractivity contribution in [3.63, 3.8) is 0 Å². The summed E-state index contributed by atoms with van der Waals surface area (Å²) in [7, 11) is -2.79. The lowest BCUT2D eigenvalue weighted by atomic mass is 10.4. The van der Waals surface area contributed by atoms with Crippen LogP contribution in [0.15, 0.2) is 66.0 Å². The first-order valence-electron chi connectivity index (χ1n) is 6.02. The molecular formula is C15H11OPS3. The summed E-state index contributed by atoms with van der Waals surface area (Å²) in [4.78, 5) is 0. The van der Waals surface area contributed by atoms with E-state index in [9.17, 15) is 4.57 Å². The van der Waals surface area contributed by atoms with Crippen LogP contribution >= 0.6 is 42.0 Å². The summed E-state index contributed by atoms with van der Waals surface area (Å²) < 4.78 is 15.5. The molecule has 3 aromatic rings. The molecule has 5 heteroatoms. The molecule has 2 aromatic carbocycles. The Morgan fingerprint density at radius 1 is 0.850 bits per heavy atom. The molecule has 0 saturated heterocycles. The van der Waals surface area contributed by atoms with Crippen molar-refractivity contribution in [3.05, 3.63) is 69.2 Å². The first-order valence-corrected chi connectivity index (χ1v) is 9.83. The van der Waals surface area contributed by atoms with Crippen LogP contribution in [0.1, 0.15) is 0 Å². The van der Waals surface area contributed by atoms with Gasteiger partial charge >= 0.3 is 0 Å². The van der Waals surface area contributed by atoms with Gasteiger partial charge in [0.2, 0.25) is 0 Å². The van der Waals surface area contributed by atoms with E-state index in [4.69, 9.17) is 12.2 Å². The van der Waals surface area contributed by atoms with Crippen molar-refractivity contribution in [1.82, 2.24) is 0 Å². The molecule has 0 radical (unpaired) electrons. The standard InChI is InChI=1S/C15H11OPS3/c16-17(12-7-3-1-4-8-12,13-9-5-2-6-10-13)14-11-19-15(18)20-14/h1-11H. The fraction of sp³-hybridized carbons (Fsp3) is 0. The van der Waals surface area contributed by atoms with Crippen molar-refractivity contribution >= 4 is 57.3 Å². The molecule has 0 aliphatic carbocycles.